The van der Waals surface area contributed by atoms with Gasteiger partial charge in [0.25, 0.3) is 0 Å². The van der Waals surface area contributed by atoms with Crippen LogP contribution in [0.1, 0.15) is 107 Å². The van der Waals surface area contributed by atoms with Gasteiger partial charge >= 0.3 is 0 Å². The summed E-state index contributed by atoms with van der Waals surface area (Å²) in [5.74, 6) is 9.39. The molecular weight excluding hydrogens is 424 g/mol. The first kappa shape index (κ1) is 25.4. The summed E-state index contributed by atoms with van der Waals surface area (Å²) in [5.41, 5.74) is 3.65. The molecule has 0 bridgehead atoms. The monoisotopic (exact) mass is 466 g/mol. The smallest absolute Gasteiger partial charge is 0.119 e. The zero-order valence-corrected chi connectivity index (χ0v) is 21.8. The molecule has 3 aromatic rings. The molecule has 0 atom stereocenters. The van der Waals surface area contributed by atoms with E-state index in [1.807, 2.05) is 0 Å². The minimum absolute atomic E-state index is 0.737. The van der Waals surface area contributed by atoms with Crippen molar-refractivity contribution in [3.8, 4) is 17.6 Å². The number of ether oxygens (including phenoxy) is 1. The summed E-state index contributed by atoms with van der Waals surface area (Å²) < 4.78 is 5.90. The standard InChI is InChI=1S/C34H42O/c1-3-5-7-9-27-12-17-30(18-13-27)31-19-14-28(15-20-31)10-11-29-16-21-33-26-34(23-22-32(33)25-29)35-24-8-6-4-2/h14-16,19-23,25-27,30H,3-9,12-13,17-18,24H2,1-2H3/t27-,30-. The van der Waals surface area contributed by atoms with Crippen LogP contribution < -0.4 is 4.74 Å². The van der Waals surface area contributed by atoms with Gasteiger partial charge in [0.05, 0.1) is 6.61 Å². The van der Waals surface area contributed by atoms with Gasteiger partial charge in [-0.1, -0.05) is 88.5 Å². The highest BCUT2D eigenvalue weighted by atomic mass is 16.5. The summed E-state index contributed by atoms with van der Waals surface area (Å²) in [6, 6.07) is 21.8. The largest absolute Gasteiger partial charge is 0.494 e. The SMILES string of the molecule is CCCCCOc1ccc2cc(C#Cc3ccc([C@H]4CC[C@H](CCCCC)CC4)cc3)ccc2c1. The lowest BCUT2D eigenvalue weighted by Crippen LogP contribution is -2.13. The van der Waals surface area contributed by atoms with E-state index in [1.165, 1.54) is 80.5 Å². The first-order chi connectivity index (χ1) is 17.2. The highest BCUT2D eigenvalue weighted by molar-refractivity contribution is 5.85. The normalized spacial score (nSPS) is 17.7. The van der Waals surface area contributed by atoms with E-state index < -0.39 is 0 Å². The van der Waals surface area contributed by atoms with Crippen LogP contribution in [0.15, 0.2) is 60.7 Å². The Morgan fingerprint density at radius 1 is 0.686 bits per heavy atom. The van der Waals surface area contributed by atoms with E-state index >= 15 is 0 Å². The van der Waals surface area contributed by atoms with Gasteiger partial charge in [-0.05, 0) is 96.7 Å². The molecule has 1 aliphatic carbocycles. The first-order valence-corrected chi connectivity index (χ1v) is 14.0. The number of benzene rings is 3. The quantitative estimate of drug-likeness (QED) is 0.213. The number of hydrogen-bond acceptors (Lipinski definition) is 1. The average molecular weight is 467 g/mol. The van der Waals surface area contributed by atoms with Crippen molar-refractivity contribution in [2.24, 2.45) is 5.92 Å². The lowest BCUT2D eigenvalue weighted by Gasteiger charge is -2.29. The lowest BCUT2D eigenvalue weighted by atomic mass is 9.77. The molecule has 0 radical (unpaired) electrons. The van der Waals surface area contributed by atoms with Crippen LogP contribution in [-0.4, -0.2) is 6.61 Å². The summed E-state index contributed by atoms with van der Waals surface area (Å²) in [5, 5.41) is 2.41. The van der Waals surface area contributed by atoms with Crippen LogP contribution >= 0.6 is 0 Å². The fourth-order valence-electron chi connectivity index (χ4n) is 5.38. The van der Waals surface area contributed by atoms with Crippen LogP contribution in [0, 0.1) is 17.8 Å². The number of unbranched alkanes of at least 4 members (excludes halogenated alkanes) is 4. The van der Waals surface area contributed by atoms with E-state index in [9.17, 15) is 0 Å². The van der Waals surface area contributed by atoms with E-state index in [0.717, 1.165) is 41.7 Å². The molecule has 1 nitrogen and oxygen atoms in total. The molecule has 1 aliphatic rings. The van der Waals surface area contributed by atoms with Crippen LogP contribution in [0.25, 0.3) is 10.8 Å². The number of rotatable bonds is 10. The molecule has 1 saturated carbocycles. The van der Waals surface area contributed by atoms with Gasteiger partial charge in [-0.2, -0.15) is 0 Å². The molecule has 0 unspecified atom stereocenters. The van der Waals surface area contributed by atoms with Crippen LogP contribution in [0.5, 0.6) is 5.75 Å². The lowest BCUT2D eigenvalue weighted by molar-refractivity contribution is 0.303. The van der Waals surface area contributed by atoms with E-state index in [0.29, 0.717) is 0 Å². The van der Waals surface area contributed by atoms with Gasteiger partial charge in [-0.15, -0.1) is 0 Å². The molecule has 1 heteroatoms. The molecule has 3 aromatic carbocycles. The van der Waals surface area contributed by atoms with Gasteiger partial charge in [0.1, 0.15) is 5.75 Å². The first-order valence-electron chi connectivity index (χ1n) is 14.0. The van der Waals surface area contributed by atoms with Crippen molar-refractivity contribution in [1.29, 1.82) is 0 Å². The van der Waals surface area contributed by atoms with E-state index in [-0.39, 0.29) is 0 Å². The van der Waals surface area contributed by atoms with Gasteiger partial charge in [-0.3, -0.25) is 0 Å². The van der Waals surface area contributed by atoms with Crippen molar-refractivity contribution in [3.63, 3.8) is 0 Å². The summed E-state index contributed by atoms with van der Waals surface area (Å²) in [4.78, 5) is 0. The summed E-state index contributed by atoms with van der Waals surface area (Å²) in [6.07, 6.45) is 14.7. The van der Waals surface area contributed by atoms with Crippen molar-refractivity contribution in [1.82, 2.24) is 0 Å². The molecule has 0 amide bonds. The molecular formula is C34H42O. The van der Waals surface area contributed by atoms with Crippen molar-refractivity contribution in [3.05, 3.63) is 77.4 Å². The van der Waals surface area contributed by atoms with Gasteiger partial charge in [0.15, 0.2) is 0 Å². The van der Waals surface area contributed by atoms with Gasteiger partial charge in [0.2, 0.25) is 0 Å². The zero-order chi connectivity index (χ0) is 24.3. The van der Waals surface area contributed by atoms with Crippen molar-refractivity contribution >= 4 is 10.8 Å². The Hall–Kier alpha value is -2.72. The van der Waals surface area contributed by atoms with Crippen molar-refractivity contribution < 1.29 is 4.74 Å². The maximum atomic E-state index is 5.90. The predicted molar refractivity (Wildman–Crippen MR) is 150 cm³/mol. The van der Waals surface area contributed by atoms with Crippen LogP contribution in [-0.2, 0) is 0 Å². The fourth-order valence-corrected chi connectivity index (χ4v) is 5.38. The molecule has 1 fully saturated rings. The van der Waals surface area contributed by atoms with Crippen molar-refractivity contribution in [2.75, 3.05) is 6.61 Å². The minimum atomic E-state index is 0.737. The predicted octanol–water partition coefficient (Wildman–Crippen LogP) is 9.66. The summed E-state index contributed by atoms with van der Waals surface area (Å²) in [7, 11) is 0. The third kappa shape index (κ3) is 7.63. The Labute approximate surface area is 213 Å². The summed E-state index contributed by atoms with van der Waals surface area (Å²) >= 11 is 0. The van der Waals surface area contributed by atoms with Crippen LogP contribution in [0.4, 0.5) is 0 Å². The third-order valence-electron chi connectivity index (χ3n) is 7.62. The second-order valence-electron chi connectivity index (χ2n) is 10.4. The van der Waals surface area contributed by atoms with Gasteiger partial charge in [-0.25, -0.2) is 0 Å². The topological polar surface area (TPSA) is 9.23 Å². The molecule has 0 aliphatic heterocycles. The second-order valence-corrected chi connectivity index (χ2v) is 10.4. The number of fused-ring (bicyclic) bond motifs is 1. The van der Waals surface area contributed by atoms with Gasteiger partial charge < -0.3 is 4.74 Å². The molecule has 0 spiro atoms. The Morgan fingerprint density at radius 2 is 1.34 bits per heavy atom. The van der Waals surface area contributed by atoms with E-state index in [2.05, 4.69) is 86.4 Å². The van der Waals surface area contributed by atoms with Crippen LogP contribution in [0.3, 0.4) is 0 Å². The maximum absolute atomic E-state index is 5.90. The molecule has 184 valence electrons. The Bertz CT molecular complexity index is 1110. The Balaban J connectivity index is 1.32. The third-order valence-corrected chi connectivity index (χ3v) is 7.62. The molecule has 35 heavy (non-hydrogen) atoms. The highest BCUT2D eigenvalue weighted by Crippen LogP contribution is 2.37. The highest BCUT2D eigenvalue weighted by Gasteiger charge is 2.21. The summed E-state index contributed by atoms with van der Waals surface area (Å²) in [6.45, 7) is 5.31. The molecule has 4 rings (SSSR count). The average Bonchev–Trinajstić information content (AvgIpc) is 2.91. The van der Waals surface area contributed by atoms with Crippen LogP contribution in [0.2, 0.25) is 0 Å². The second kappa shape index (κ2) is 13.4. The minimum Gasteiger partial charge on any atom is -0.494 e. The molecule has 0 N–H and O–H groups in total. The Morgan fingerprint density at radius 3 is 2.11 bits per heavy atom. The van der Waals surface area contributed by atoms with E-state index in [1.54, 1.807) is 0 Å². The zero-order valence-electron chi connectivity index (χ0n) is 21.8. The van der Waals surface area contributed by atoms with Gasteiger partial charge in [0, 0.05) is 11.1 Å². The molecule has 0 aromatic heterocycles. The number of hydrogen-bond donors (Lipinski definition) is 0. The Kier molecular flexibility index (Phi) is 9.71. The van der Waals surface area contributed by atoms with E-state index in [4.69, 9.17) is 4.74 Å². The van der Waals surface area contributed by atoms with Crippen molar-refractivity contribution in [2.45, 2.75) is 90.4 Å². The molecule has 0 heterocycles. The fraction of sp³-hybridized carbons (Fsp3) is 0.471. The molecule has 0 saturated heterocycles. The maximum Gasteiger partial charge on any atom is 0.119 e.